The lowest BCUT2D eigenvalue weighted by Crippen LogP contribution is -2.34. The normalized spacial score (nSPS) is 20.4. The van der Waals surface area contributed by atoms with Gasteiger partial charge in [0.05, 0.1) is 11.0 Å². The van der Waals surface area contributed by atoms with Crippen molar-refractivity contribution in [1.29, 1.82) is 5.41 Å². The maximum atomic E-state index is 15.6. The van der Waals surface area contributed by atoms with E-state index in [0.29, 0.717) is 29.8 Å². The number of thioether (sulfide) groups is 1. The summed E-state index contributed by atoms with van der Waals surface area (Å²) in [5.41, 5.74) is 2.42. The first-order valence-electron chi connectivity index (χ1n) is 17.0. The van der Waals surface area contributed by atoms with Gasteiger partial charge in [-0.2, -0.15) is 11.8 Å². The molecule has 4 aromatic rings. The molecule has 0 spiro atoms. The Kier molecular flexibility index (Phi) is 11.4. The quantitative estimate of drug-likeness (QED) is 0.126. The van der Waals surface area contributed by atoms with Crippen LogP contribution in [0.25, 0.3) is 10.9 Å². The molecule has 2 bridgehead atoms. The Morgan fingerprint density at radius 3 is 2.66 bits per heavy atom. The zero-order chi connectivity index (χ0) is 36.2. The number of nitrogens with one attached hydrogen (secondary N) is 3. The van der Waals surface area contributed by atoms with Gasteiger partial charge in [-0.1, -0.05) is 51.5 Å². The highest BCUT2D eigenvalue weighted by Crippen LogP contribution is 2.39. The highest BCUT2D eigenvalue weighted by atomic mass is 32.2. The number of aromatic amines is 1. The van der Waals surface area contributed by atoms with Gasteiger partial charge in [0.2, 0.25) is 5.91 Å². The van der Waals surface area contributed by atoms with E-state index in [2.05, 4.69) is 24.1 Å². The van der Waals surface area contributed by atoms with E-state index in [1.165, 1.54) is 31.3 Å². The van der Waals surface area contributed by atoms with E-state index in [0.717, 1.165) is 46.4 Å². The molecule has 8 nitrogen and oxygen atoms in total. The molecule has 5 rings (SSSR count). The molecule has 0 radical (unpaired) electrons. The van der Waals surface area contributed by atoms with Crippen LogP contribution in [0.15, 0.2) is 65.8 Å². The first-order valence-corrected chi connectivity index (χ1v) is 18.1. The van der Waals surface area contributed by atoms with E-state index in [1.807, 2.05) is 49.0 Å². The second-order valence-electron chi connectivity index (χ2n) is 14.2. The Morgan fingerprint density at radius 1 is 1.14 bits per heavy atom. The number of ether oxygens (including phenoxy) is 1. The number of carbonyl (C=O) groups is 1. The number of fused-ring (bicyclic) bond motifs is 5. The van der Waals surface area contributed by atoms with Crippen LogP contribution in [-0.4, -0.2) is 58.4 Å². The van der Waals surface area contributed by atoms with Crippen LogP contribution in [0.4, 0.5) is 8.78 Å². The Hall–Kier alpha value is -4.22. The van der Waals surface area contributed by atoms with E-state index in [9.17, 15) is 15.4 Å². The molecule has 4 N–H and O–H groups in total. The third kappa shape index (κ3) is 8.21. The van der Waals surface area contributed by atoms with Crippen LogP contribution in [0.5, 0.6) is 11.5 Å². The fourth-order valence-electron chi connectivity index (χ4n) is 6.65. The van der Waals surface area contributed by atoms with E-state index < -0.39 is 23.0 Å². The maximum Gasteiger partial charge on any atom is 0.248 e. The summed E-state index contributed by atoms with van der Waals surface area (Å²) in [4.78, 5) is 20.2. The van der Waals surface area contributed by atoms with Crippen molar-refractivity contribution in [2.45, 2.75) is 65.2 Å². The fourth-order valence-corrected chi connectivity index (χ4v) is 7.84. The number of hydroxylamine groups is 2. The first-order chi connectivity index (χ1) is 23.7. The lowest BCUT2D eigenvalue weighted by molar-refractivity contribution is -0.163. The number of hydrogen-bond acceptors (Lipinski definition) is 6. The largest absolute Gasteiger partial charge is 0.454 e. The number of nitrogens with zero attached hydrogens (tertiary/aromatic N) is 2. The van der Waals surface area contributed by atoms with Crippen LogP contribution in [0, 0.1) is 28.4 Å². The van der Waals surface area contributed by atoms with Gasteiger partial charge in [-0.25, -0.2) is 18.8 Å². The fraction of sp³-hybridized carbons (Fsp3) is 0.410. The second-order valence-corrected chi connectivity index (χ2v) is 15.3. The van der Waals surface area contributed by atoms with Crippen molar-refractivity contribution < 1.29 is 23.5 Å². The van der Waals surface area contributed by atoms with Crippen molar-refractivity contribution in [3.05, 3.63) is 94.7 Å². The van der Waals surface area contributed by atoms with E-state index in [1.54, 1.807) is 20.2 Å². The Labute approximate surface area is 297 Å². The highest BCUT2D eigenvalue weighted by Gasteiger charge is 2.34. The number of hydrogen-bond donors (Lipinski definition) is 4. The van der Waals surface area contributed by atoms with Crippen LogP contribution >= 0.6 is 11.8 Å². The third-order valence-electron chi connectivity index (χ3n) is 9.63. The summed E-state index contributed by atoms with van der Waals surface area (Å²) in [7, 11) is 2.94. The molecular formula is C39H47F2N5O3S. The molecule has 1 amide bonds. The molecule has 50 heavy (non-hydrogen) atoms. The van der Waals surface area contributed by atoms with Gasteiger partial charge in [-0.3, -0.25) is 15.4 Å². The molecule has 0 saturated carbocycles. The van der Waals surface area contributed by atoms with Gasteiger partial charge in [-0.15, -0.1) is 0 Å². The lowest BCUT2D eigenvalue weighted by Gasteiger charge is -2.32. The number of carbonyl (C=O) groups excluding carboxylic acids is 1. The molecule has 2 unspecified atom stereocenters. The second kappa shape index (κ2) is 15.3. The zero-order valence-electron chi connectivity index (χ0n) is 29.6. The van der Waals surface area contributed by atoms with Gasteiger partial charge in [0.25, 0.3) is 0 Å². The van der Waals surface area contributed by atoms with Crippen molar-refractivity contribution in [2.75, 3.05) is 25.6 Å². The molecule has 0 fully saturated rings. The summed E-state index contributed by atoms with van der Waals surface area (Å²) in [5, 5.41) is 23.6. The van der Waals surface area contributed by atoms with Crippen molar-refractivity contribution in [3.63, 3.8) is 0 Å². The molecule has 11 heteroatoms. The van der Waals surface area contributed by atoms with Gasteiger partial charge in [0, 0.05) is 48.7 Å². The number of H-pyrrole nitrogens is 1. The SMILES string of the molecule is CN/C1=N\C(=N)C(C)(c2cccc(CC(C)C(=O)N(C)O)c2)CCCC(C)(C)CSCCc2c(c(F)cc3[nH]ccc23)Oc2ccc(F)c1c2. The standard InChI is InChI=1S/C39H47F2N5O3S/c1-24(36(47)46(6)48)19-25-9-7-10-26(20-25)39(4)16-8-15-38(2,3)23-50-18-14-29-28-13-17-44-33(28)22-32(41)34(29)49-27-11-12-31(40)30(21-27)35(43-5)45-37(39)42/h7,9-13,17,20-22,24,44,48H,8,14-16,18-19,23H2,1-6H3,(H2,42,43,45). The minimum absolute atomic E-state index is 0.0161. The minimum atomic E-state index is -0.859. The van der Waals surface area contributed by atoms with Crippen LogP contribution < -0.4 is 10.1 Å². The zero-order valence-corrected chi connectivity index (χ0v) is 30.4. The van der Waals surface area contributed by atoms with Crippen LogP contribution in [0.2, 0.25) is 0 Å². The molecule has 0 saturated heterocycles. The highest BCUT2D eigenvalue weighted by molar-refractivity contribution is 7.99. The number of aromatic nitrogens is 1. The lowest BCUT2D eigenvalue weighted by atomic mass is 9.74. The Balaban J connectivity index is 1.58. The molecule has 0 aliphatic carbocycles. The number of rotatable bonds is 4. The van der Waals surface area contributed by atoms with Gasteiger partial charge < -0.3 is 15.0 Å². The summed E-state index contributed by atoms with van der Waals surface area (Å²) in [6, 6.07) is 15.4. The number of benzene rings is 3. The molecule has 2 atom stereocenters. The van der Waals surface area contributed by atoms with Crippen molar-refractivity contribution in [3.8, 4) is 11.5 Å². The van der Waals surface area contributed by atoms with E-state index in [4.69, 9.17) is 9.73 Å². The number of aliphatic imine (C=N–C) groups is 1. The third-order valence-corrected chi connectivity index (χ3v) is 11.1. The number of aryl methyl sites for hydroxylation is 1. The number of amidine groups is 2. The molecule has 3 aromatic carbocycles. The Morgan fingerprint density at radius 2 is 1.92 bits per heavy atom. The molecule has 1 aliphatic rings. The van der Waals surface area contributed by atoms with E-state index in [-0.39, 0.29) is 40.1 Å². The molecule has 266 valence electrons. The molecule has 1 aromatic heterocycles. The summed E-state index contributed by atoms with van der Waals surface area (Å²) >= 11 is 1.82. The average molecular weight is 704 g/mol. The molecule has 1 aliphatic heterocycles. The predicted molar refractivity (Wildman–Crippen MR) is 198 cm³/mol. The van der Waals surface area contributed by atoms with E-state index >= 15 is 8.78 Å². The smallest absolute Gasteiger partial charge is 0.248 e. The minimum Gasteiger partial charge on any atom is -0.454 e. The summed E-state index contributed by atoms with van der Waals surface area (Å²) in [6.07, 6.45) is 5.10. The molecule has 2 heterocycles. The summed E-state index contributed by atoms with van der Waals surface area (Å²) in [5.74, 6) is 0.295. The monoisotopic (exact) mass is 703 g/mol. The molecular weight excluding hydrogens is 657 g/mol. The van der Waals surface area contributed by atoms with Crippen molar-refractivity contribution >= 4 is 40.2 Å². The topological polar surface area (TPSA) is 114 Å². The van der Waals surface area contributed by atoms with Crippen molar-refractivity contribution in [1.82, 2.24) is 15.4 Å². The van der Waals surface area contributed by atoms with Gasteiger partial charge in [-0.05, 0) is 84.9 Å². The van der Waals surface area contributed by atoms with Gasteiger partial charge in [0.15, 0.2) is 11.6 Å². The maximum absolute atomic E-state index is 15.6. The van der Waals surface area contributed by atoms with Gasteiger partial charge >= 0.3 is 0 Å². The van der Waals surface area contributed by atoms with Gasteiger partial charge in [0.1, 0.15) is 23.2 Å². The Bertz CT molecular complexity index is 1910. The summed E-state index contributed by atoms with van der Waals surface area (Å²) < 4.78 is 37.4. The number of halogens is 2. The van der Waals surface area contributed by atoms with Crippen LogP contribution in [0.3, 0.4) is 0 Å². The average Bonchev–Trinajstić information content (AvgIpc) is 3.54. The summed E-state index contributed by atoms with van der Waals surface area (Å²) in [6.45, 7) is 8.24. The number of amides is 1. The van der Waals surface area contributed by atoms with Crippen LogP contribution in [0.1, 0.15) is 69.2 Å². The predicted octanol–water partition coefficient (Wildman–Crippen LogP) is 8.65. The first kappa shape index (κ1) is 37.0. The van der Waals surface area contributed by atoms with Crippen molar-refractivity contribution in [2.24, 2.45) is 16.3 Å². The van der Waals surface area contributed by atoms with Crippen LogP contribution in [-0.2, 0) is 23.1 Å².